The molecule has 3 atom stereocenters. The zero-order valence-corrected chi connectivity index (χ0v) is 20.2. The highest BCUT2D eigenvalue weighted by molar-refractivity contribution is 5.79. The average Bonchev–Trinajstić information content (AvgIpc) is 3.47. The summed E-state index contributed by atoms with van der Waals surface area (Å²) in [5.74, 6) is 2.26. The maximum atomic E-state index is 6.60. The number of nitrogens with zero attached hydrogens (tertiary/aromatic N) is 5. The molecule has 2 aromatic heterocycles. The van der Waals surface area contributed by atoms with Crippen LogP contribution in [0.4, 0.5) is 0 Å². The first-order chi connectivity index (χ1) is 16.8. The Bertz CT molecular complexity index is 1270. The van der Waals surface area contributed by atoms with Crippen LogP contribution in [-0.2, 0) is 15.3 Å². The molecule has 1 saturated heterocycles. The van der Waals surface area contributed by atoms with Gasteiger partial charge in [0.2, 0.25) is 11.7 Å². The van der Waals surface area contributed by atoms with E-state index in [9.17, 15) is 0 Å². The highest BCUT2D eigenvalue weighted by Gasteiger charge is 2.51. The minimum Gasteiger partial charge on any atom is -0.489 e. The molecule has 5 heterocycles. The van der Waals surface area contributed by atoms with Crippen LogP contribution in [0.5, 0.6) is 5.75 Å². The summed E-state index contributed by atoms with van der Waals surface area (Å²) in [6.07, 6.45) is 7.73. The second-order valence-corrected chi connectivity index (χ2v) is 10.1. The van der Waals surface area contributed by atoms with Crippen molar-refractivity contribution < 1.29 is 14.3 Å². The number of hydrogen-bond acceptors (Lipinski definition) is 8. The van der Waals surface area contributed by atoms with Gasteiger partial charge in [0.25, 0.3) is 0 Å². The van der Waals surface area contributed by atoms with E-state index in [1.807, 2.05) is 41.1 Å². The Kier molecular flexibility index (Phi) is 5.08. The number of hydrogen-bond donors (Lipinski definition) is 1. The van der Waals surface area contributed by atoms with E-state index in [2.05, 4.69) is 24.9 Å². The fraction of sp³-hybridized carbons (Fsp3) is 0.423. The van der Waals surface area contributed by atoms with Gasteiger partial charge in [-0.2, -0.15) is 0 Å². The van der Waals surface area contributed by atoms with Crippen molar-refractivity contribution in [1.82, 2.24) is 19.6 Å². The summed E-state index contributed by atoms with van der Waals surface area (Å²) in [5.41, 5.74) is 7.74. The molecule has 9 heteroatoms. The van der Waals surface area contributed by atoms with E-state index < -0.39 is 5.72 Å². The molecule has 0 bridgehead atoms. The van der Waals surface area contributed by atoms with Crippen molar-refractivity contribution in [3.63, 3.8) is 0 Å². The zero-order valence-electron chi connectivity index (χ0n) is 20.2. The predicted octanol–water partition coefficient (Wildman–Crippen LogP) is 3.64. The van der Waals surface area contributed by atoms with Gasteiger partial charge in [-0.05, 0) is 57.0 Å². The van der Waals surface area contributed by atoms with Crippen LogP contribution in [0.15, 0.2) is 60.1 Å². The normalized spacial score (nSPS) is 27.4. The van der Waals surface area contributed by atoms with Crippen molar-refractivity contribution in [3.8, 4) is 22.8 Å². The fourth-order valence-corrected chi connectivity index (χ4v) is 5.41. The van der Waals surface area contributed by atoms with Gasteiger partial charge in [-0.15, -0.1) is 0 Å². The Morgan fingerprint density at radius 3 is 2.77 bits per heavy atom. The van der Waals surface area contributed by atoms with Crippen LogP contribution in [0, 0.1) is 5.92 Å². The summed E-state index contributed by atoms with van der Waals surface area (Å²) in [6.45, 7) is 5.00. The highest BCUT2D eigenvalue weighted by atomic mass is 16.7. The number of nitrogens with two attached hydrogens (primary N) is 1. The van der Waals surface area contributed by atoms with Crippen molar-refractivity contribution in [3.05, 3.63) is 60.7 Å². The van der Waals surface area contributed by atoms with Crippen LogP contribution >= 0.6 is 0 Å². The molecular formula is C26H30N6O3. The largest absolute Gasteiger partial charge is 0.489 e. The Balaban J connectivity index is 1.39. The van der Waals surface area contributed by atoms with Gasteiger partial charge < -0.3 is 15.2 Å². The highest BCUT2D eigenvalue weighted by Crippen LogP contribution is 2.49. The molecule has 35 heavy (non-hydrogen) atoms. The van der Waals surface area contributed by atoms with Crippen LogP contribution in [0.25, 0.3) is 17.1 Å². The maximum Gasteiger partial charge on any atom is 0.221 e. The molecule has 1 aromatic carbocycles. The molecular weight excluding hydrogens is 444 g/mol. The summed E-state index contributed by atoms with van der Waals surface area (Å²) in [5, 5.41) is 1.55. The van der Waals surface area contributed by atoms with Crippen LogP contribution in [0.3, 0.4) is 0 Å². The van der Waals surface area contributed by atoms with E-state index in [0.717, 1.165) is 47.8 Å². The summed E-state index contributed by atoms with van der Waals surface area (Å²) in [7, 11) is 1.79. The summed E-state index contributed by atoms with van der Waals surface area (Å²) < 4.78 is 14.4. The third-order valence-corrected chi connectivity index (χ3v) is 7.12. The molecule has 3 aromatic rings. The molecule has 0 radical (unpaired) electrons. The van der Waals surface area contributed by atoms with Gasteiger partial charge in [0.15, 0.2) is 0 Å². The molecule has 6 rings (SSSR count). The lowest BCUT2D eigenvalue weighted by Crippen LogP contribution is -2.46. The molecule has 3 unspecified atom stereocenters. The Hall–Kier alpha value is -3.43. The van der Waals surface area contributed by atoms with Gasteiger partial charge in [0.05, 0.1) is 16.9 Å². The number of rotatable bonds is 3. The van der Waals surface area contributed by atoms with Crippen LogP contribution in [0.1, 0.15) is 38.7 Å². The van der Waals surface area contributed by atoms with Crippen LogP contribution in [0.2, 0.25) is 0 Å². The first-order valence-corrected chi connectivity index (χ1v) is 12.0. The maximum absolute atomic E-state index is 6.60. The molecule has 1 fully saturated rings. The molecule has 3 aliphatic heterocycles. The van der Waals surface area contributed by atoms with E-state index in [1.165, 1.54) is 0 Å². The van der Waals surface area contributed by atoms with E-state index in [-0.39, 0.29) is 11.7 Å². The van der Waals surface area contributed by atoms with Crippen molar-refractivity contribution in [1.29, 1.82) is 0 Å². The van der Waals surface area contributed by atoms with E-state index >= 15 is 0 Å². The number of aliphatic imine (C=N–C) groups is 1. The van der Waals surface area contributed by atoms with Crippen molar-refractivity contribution in [2.45, 2.75) is 50.5 Å². The Morgan fingerprint density at radius 1 is 1.14 bits per heavy atom. The summed E-state index contributed by atoms with van der Waals surface area (Å²) >= 11 is 0. The summed E-state index contributed by atoms with van der Waals surface area (Å²) in [4.78, 5) is 20.1. The van der Waals surface area contributed by atoms with Gasteiger partial charge in [-0.3, -0.25) is 4.57 Å². The lowest BCUT2D eigenvalue weighted by molar-refractivity contribution is -0.198. The van der Waals surface area contributed by atoms with Crippen molar-refractivity contribution in [2.75, 3.05) is 13.7 Å². The number of pyridine rings is 1. The number of aromatic nitrogens is 3. The molecule has 9 nitrogen and oxygen atoms in total. The van der Waals surface area contributed by atoms with Crippen LogP contribution < -0.4 is 10.5 Å². The fourth-order valence-electron chi connectivity index (χ4n) is 5.41. The smallest absolute Gasteiger partial charge is 0.221 e. The minimum absolute atomic E-state index is 0.0535. The molecule has 0 saturated carbocycles. The number of ether oxygens (including phenoxy) is 2. The number of guanidine groups is 1. The lowest BCUT2D eigenvalue weighted by Gasteiger charge is -2.44. The molecule has 3 aliphatic rings. The quantitative estimate of drug-likeness (QED) is 0.619. The second kappa shape index (κ2) is 8.07. The number of benzene rings is 1. The zero-order chi connectivity index (χ0) is 24.2. The standard InChI is InChI=1S/C26H30N6O3/c1-25(2)14-18(9-12-33-25)22-15-26(30-24(27)31(3)35-26)19-13-17(7-8-21(19)34-22)20-5-4-6-23(29-20)32-11-10-28-16-32/h4-8,10-11,13,16,18,22H,9,12,14-15H2,1-3H3,(H2,27,30). The Morgan fingerprint density at radius 2 is 2.03 bits per heavy atom. The van der Waals surface area contributed by atoms with E-state index in [0.29, 0.717) is 18.3 Å². The number of fused-ring (bicyclic) bond motifs is 2. The van der Waals surface area contributed by atoms with Crippen molar-refractivity contribution >= 4 is 5.96 Å². The molecule has 0 aliphatic carbocycles. The molecule has 1 spiro atoms. The number of imidazole rings is 1. The SMILES string of the molecule is CN1OC2(CC(C3CCOC(C)(C)C3)Oc3ccc(-c4cccc(-n5ccnc5)n4)cc32)N=C1N. The topological polar surface area (TPSA) is 100 Å². The minimum atomic E-state index is -0.933. The predicted molar refractivity (Wildman–Crippen MR) is 131 cm³/mol. The summed E-state index contributed by atoms with van der Waals surface area (Å²) in [6, 6.07) is 12.0. The number of hydroxylamine groups is 2. The first-order valence-electron chi connectivity index (χ1n) is 12.0. The first kappa shape index (κ1) is 22.1. The molecule has 2 N–H and O–H groups in total. The molecule has 0 amide bonds. The van der Waals surface area contributed by atoms with E-state index in [1.54, 1.807) is 24.6 Å². The average molecular weight is 475 g/mol. The third kappa shape index (κ3) is 3.94. The van der Waals surface area contributed by atoms with Crippen molar-refractivity contribution in [2.24, 2.45) is 16.6 Å². The van der Waals surface area contributed by atoms with Gasteiger partial charge in [-0.1, -0.05) is 6.07 Å². The van der Waals surface area contributed by atoms with Gasteiger partial charge in [0.1, 0.15) is 24.0 Å². The Labute approximate surface area is 204 Å². The lowest BCUT2D eigenvalue weighted by atomic mass is 9.79. The van der Waals surface area contributed by atoms with Crippen LogP contribution in [-0.4, -0.2) is 50.9 Å². The van der Waals surface area contributed by atoms with Gasteiger partial charge in [-0.25, -0.2) is 24.9 Å². The molecule has 182 valence electrons. The third-order valence-electron chi connectivity index (χ3n) is 7.12. The van der Waals surface area contributed by atoms with E-state index in [4.69, 9.17) is 30.0 Å². The van der Waals surface area contributed by atoms with Gasteiger partial charge >= 0.3 is 0 Å². The van der Waals surface area contributed by atoms with Gasteiger partial charge in [0, 0.05) is 44.0 Å². The second-order valence-electron chi connectivity index (χ2n) is 10.1. The monoisotopic (exact) mass is 474 g/mol.